The maximum absolute atomic E-state index is 11.8. The fraction of sp³-hybridized carbons (Fsp3) is 0.455. The van der Waals surface area contributed by atoms with Crippen molar-refractivity contribution in [1.29, 1.82) is 0 Å². The van der Waals surface area contributed by atoms with Gasteiger partial charge < -0.3 is 15.2 Å². The zero-order valence-corrected chi connectivity index (χ0v) is 9.76. The summed E-state index contributed by atoms with van der Waals surface area (Å²) in [6, 6.07) is -0.511. The highest BCUT2D eigenvalue weighted by Crippen LogP contribution is 2.02. The minimum absolute atomic E-state index is 0.0945. The Labute approximate surface area is 95.6 Å². The lowest BCUT2D eigenvalue weighted by Crippen LogP contribution is -2.41. The molecule has 16 heavy (non-hydrogen) atoms. The molecule has 0 bridgehead atoms. The highest BCUT2D eigenvalue weighted by Gasteiger charge is 2.17. The van der Waals surface area contributed by atoms with Crippen LogP contribution in [0.15, 0.2) is 25.0 Å². The van der Waals surface area contributed by atoms with E-state index in [4.69, 9.17) is 5.73 Å². The Bertz CT molecular complexity index is 372. The van der Waals surface area contributed by atoms with E-state index in [0.29, 0.717) is 13.0 Å². The van der Waals surface area contributed by atoms with Crippen LogP contribution in [0.4, 0.5) is 0 Å². The SMILES string of the molecule is C=CCC(N)C(=O)N(C)Cc1nccn1C. The molecule has 1 aromatic rings. The van der Waals surface area contributed by atoms with Gasteiger partial charge in [0.05, 0.1) is 12.6 Å². The fourth-order valence-electron chi connectivity index (χ4n) is 1.40. The average Bonchev–Trinajstić information content (AvgIpc) is 2.63. The average molecular weight is 222 g/mol. The van der Waals surface area contributed by atoms with E-state index in [1.54, 1.807) is 24.2 Å². The van der Waals surface area contributed by atoms with Crippen LogP contribution < -0.4 is 5.73 Å². The predicted octanol–water partition coefficient (Wildman–Crippen LogP) is 0.282. The Kier molecular flexibility index (Phi) is 4.25. The normalized spacial score (nSPS) is 12.2. The smallest absolute Gasteiger partial charge is 0.239 e. The Hall–Kier alpha value is -1.62. The molecule has 1 aromatic heterocycles. The second-order valence-corrected chi connectivity index (χ2v) is 3.78. The Balaban J connectivity index is 2.58. The van der Waals surface area contributed by atoms with Crippen molar-refractivity contribution in [3.05, 3.63) is 30.9 Å². The summed E-state index contributed by atoms with van der Waals surface area (Å²) in [5.41, 5.74) is 5.71. The molecule has 0 aliphatic carbocycles. The highest BCUT2D eigenvalue weighted by molar-refractivity contribution is 5.81. The molecule has 1 atom stereocenters. The number of likely N-dealkylation sites (N-methyl/N-ethyl adjacent to an activating group) is 1. The number of aromatic nitrogens is 2. The molecule has 0 saturated heterocycles. The molecule has 1 heterocycles. The van der Waals surface area contributed by atoms with Crippen LogP contribution in [0.25, 0.3) is 0 Å². The lowest BCUT2D eigenvalue weighted by atomic mass is 10.2. The van der Waals surface area contributed by atoms with E-state index in [2.05, 4.69) is 11.6 Å². The molecule has 0 aliphatic heterocycles. The molecular weight excluding hydrogens is 204 g/mol. The molecule has 0 spiro atoms. The number of hydrogen-bond acceptors (Lipinski definition) is 3. The number of amides is 1. The first kappa shape index (κ1) is 12.4. The molecule has 5 nitrogen and oxygen atoms in total. The Morgan fingerprint density at radius 1 is 1.81 bits per heavy atom. The van der Waals surface area contributed by atoms with Crippen LogP contribution >= 0.6 is 0 Å². The maximum Gasteiger partial charge on any atom is 0.239 e. The predicted molar refractivity (Wildman–Crippen MR) is 62.5 cm³/mol. The van der Waals surface area contributed by atoms with E-state index in [-0.39, 0.29) is 5.91 Å². The molecule has 5 heteroatoms. The minimum atomic E-state index is -0.511. The van der Waals surface area contributed by atoms with Gasteiger partial charge in [0.15, 0.2) is 0 Å². The standard InChI is InChI=1S/C11H18N4O/c1-4-5-9(12)11(16)15(3)8-10-13-6-7-14(10)2/h4,6-7,9H,1,5,8,12H2,2-3H3. The van der Waals surface area contributed by atoms with Gasteiger partial charge in [-0.15, -0.1) is 6.58 Å². The Morgan fingerprint density at radius 3 is 3.00 bits per heavy atom. The zero-order chi connectivity index (χ0) is 12.1. The number of rotatable bonds is 5. The summed E-state index contributed by atoms with van der Waals surface area (Å²) < 4.78 is 1.88. The lowest BCUT2D eigenvalue weighted by molar-refractivity contribution is -0.131. The fourth-order valence-corrected chi connectivity index (χ4v) is 1.40. The third-order valence-corrected chi connectivity index (χ3v) is 2.41. The second kappa shape index (κ2) is 5.46. The van der Waals surface area contributed by atoms with E-state index in [1.807, 2.05) is 17.8 Å². The summed E-state index contributed by atoms with van der Waals surface area (Å²) in [5, 5.41) is 0. The number of carbonyl (C=O) groups excluding carboxylic acids is 1. The largest absolute Gasteiger partial charge is 0.337 e. The molecule has 0 aromatic carbocycles. The quantitative estimate of drug-likeness (QED) is 0.728. The van der Waals surface area contributed by atoms with E-state index in [1.165, 1.54) is 0 Å². The third kappa shape index (κ3) is 2.93. The van der Waals surface area contributed by atoms with E-state index >= 15 is 0 Å². The van der Waals surface area contributed by atoms with Crippen molar-refractivity contribution in [2.75, 3.05) is 7.05 Å². The molecule has 0 fully saturated rings. The first-order valence-electron chi connectivity index (χ1n) is 5.14. The number of carbonyl (C=O) groups is 1. The van der Waals surface area contributed by atoms with E-state index in [9.17, 15) is 4.79 Å². The summed E-state index contributed by atoms with van der Waals surface area (Å²) in [6.45, 7) is 4.03. The summed E-state index contributed by atoms with van der Waals surface area (Å²) in [7, 11) is 3.62. The summed E-state index contributed by atoms with van der Waals surface area (Å²) >= 11 is 0. The van der Waals surface area contributed by atoms with Crippen molar-refractivity contribution < 1.29 is 4.79 Å². The number of imidazole rings is 1. The first-order chi connectivity index (χ1) is 7.56. The maximum atomic E-state index is 11.8. The molecular formula is C11H18N4O. The molecule has 0 saturated carbocycles. The number of hydrogen-bond donors (Lipinski definition) is 1. The topological polar surface area (TPSA) is 64.2 Å². The zero-order valence-electron chi connectivity index (χ0n) is 9.76. The van der Waals surface area contributed by atoms with Crippen molar-refractivity contribution in [3.8, 4) is 0 Å². The minimum Gasteiger partial charge on any atom is -0.337 e. The molecule has 0 radical (unpaired) electrons. The van der Waals surface area contributed by atoms with Crippen LogP contribution in [0.3, 0.4) is 0 Å². The lowest BCUT2D eigenvalue weighted by Gasteiger charge is -2.20. The van der Waals surface area contributed by atoms with Gasteiger partial charge in [-0.2, -0.15) is 0 Å². The van der Waals surface area contributed by atoms with Gasteiger partial charge in [0.25, 0.3) is 0 Å². The molecule has 88 valence electrons. The number of nitrogens with zero attached hydrogens (tertiary/aromatic N) is 3. The molecule has 1 unspecified atom stereocenters. The van der Waals surface area contributed by atoms with Crippen molar-refractivity contribution in [3.63, 3.8) is 0 Å². The van der Waals surface area contributed by atoms with Crippen LogP contribution in [-0.4, -0.2) is 33.4 Å². The van der Waals surface area contributed by atoms with Gasteiger partial charge in [-0.1, -0.05) is 6.08 Å². The molecule has 1 rings (SSSR count). The van der Waals surface area contributed by atoms with Gasteiger partial charge in [-0.05, 0) is 6.42 Å². The van der Waals surface area contributed by atoms with Crippen molar-refractivity contribution in [2.24, 2.45) is 12.8 Å². The van der Waals surface area contributed by atoms with Crippen molar-refractivity contribution in [2.45, 2.75) is 19.0 Å². The monoisotopic (exact) mass is 222 g/mol. The van der Waals surface area contributed by atoms with Crippen molar-refractivity contribution >= 4 is 5.91 Å². The third-order valence-electron chi connectivity index (χ3n) is 2.41. The van der Waals surface area contributed by atoms with Crippen molar-refractivity contribution in [1.82, 2.24) is 14.5 Å². The Morgan fingerprint density at radius 2 is 2.50 bits per heavy atom. The van der Waals surface area contributed by atoms with E-state index in [0.717, 1.165) is 5.82 Å². The van der Waals surface area contributed by atoms with Crippen LogP contribution in [0.5, 0.6) is 0 Å². The van der Waals surface area contributed by atoms with E-state index < -0.39 is 6.04 Å². The van der Waals surface area contributed by atoms with Gasteiger partial charge >= 0.3 is 0 Å². The molecule has 2 N–H and O–H groups in total. The summed E-state index contributed by atoms with van der Waals surface area (Å²) in [4.78, 5) is 17.5. The second-order valence-electron chi connectivity index (χ2n) is 3.78. The number of aryl methyl sites for hydroxylation is 1. The van der Waals surface area contributed by atoms with Crippen LogP contribution in [0, 0.1) is 0 Å². The number of nitrogens with two attached hydrogens (primary N) is 1. The van der Waals surface area contributed by atoms with Gasteiger partial charge in [-0.25, -0.2) is 4.98 Å². The van der Waals surface area contributed by atoms with Gasteiger partial charge in [0, 0.05) is 26.5 Å². The molecule has 0 aliphatic rings. The van der Waals surface area contributed by atoms with Gasteiger partial charge in [0.1, 0.15) is 5.82 Å². The van der Waals surface area contributed by atoms with Crippen LogP contribution in [0.1, 0.15) is 12.2 Å². The van der Waals surface area contributed by atoms with Crippen LogP contribution in [0.2, 0.25) is 0 Å². The van der Waals surface area contributed by atoms with Gasteiger partial charge in [-0.3, -0.25) is 4.79 Å². The van der Waals surface area contributed by atoms with Gasteiger partial charge in [0.2, 0.25) is 5.91 Å². The van der Waals surface area contributed by atoms with Crippen LogP contribution in [-0.2, 0) is 18.4 Å². The summed E-state index contributed by atoms with van der Waals surface area (Å²) in [5.74, 6) is 0.740. The first-order valence-corrected chi connectivity index (χ1v) is 5.14. The highest BCUT2D eigenvalue weighted by atomic mass is 16.2. The summed E-state index contributed by atoms with van der Waals surface area (Å²) in [6.07, 6.45) is 5.69. The molecule has 1 amide bonds.